The first-order valence-electron chi connectivity index (χ1n) is 3.70. The lowest BCUT2D eigenvalue weighted by molar-refractivity contribution is 1.32. The van der Waals surface area contributed by atoms with Crippen LogP contribution in [0.1, 0.15) is 13.3 Å². The Morgan fingerprint density at radius 1 is 1.45 bits per heavy atom. The summed E-state index contributed by atoms with van der Waals surface area (Å²) in [5, 5.41) is 0. The zero-order valence-corrected chi connectivity index (χ0v) is 6.80. The van der Waals surface area contributed by atoms with Crippen molar-refractivity contribution in [2.45, 2.75) is 13.3 Å². The fraction of sp³-hybridized carbons (Fsp3) is 0.200. The van der Waals surface area contributed by atoms with E-state index in [-0.39, 0.29) is 0 Å². The van der Waals surface area contributed by atoms with Gasteiger partial charge in [-0.15, -0.1) is 0 Å². The van der Waals surface area contributed by atoms with Crippen molar-refractivity contribution in [2.24, 2.45) is 5.73 Å². The van der Waals surface area contributed by atoms with Gasteiger partial charge in [-0.2, -0.15) is 0 Å². The summed E-state index contributed by atoms with van der Waals surface area (Å²) in [6, 6.07) is 0. The van der Waals surface area contributed by atoms with Crippen LogP contribution in [-0.4, -0.2) is 0 Å². The lowest BCUT2D eigenvalue weighted by atomic mass is 10.1. The third kappa shape index (κ3) is 1.84. The van der Waals surface area contributed by atoms with Crippen molar-refractivity contribution in [3.63, 3.8) is 0 Å². The standard InChI is InChI=1S/C10H13N/c1-8(2)9-6-4-3-5-7-10(9)11/h4-7H,1,3,11H2,2H3. The molecule has 0 atom stereocenters. The number of hydrogen-bond acceptors (Lipinski definition) is 1. The molecule has 0 spiro atoms. The van der Waals surface area contributed by atoms with Crippen LogP contribution in [0, 0.1) is 0 Å². The van der Waals surface area contributed by atoms with Gasteiger partial charge in [-0.25, -0.2) is 0 Å². The minimum atomic E-state index is 0.811. The molecule has 0 aliphatic heterocycles. The number of rotatable bonds is 1. The van der Waals surface area contributed by atoms with Crippen molar-refractivity contribution in [1.29, 1.82) is 0 Å². The molecule has 1 aliphatic carbocycles. The van der Waals surface area contributed by atoms with Gasteiger partial charge in [0.05, 0.1) is 0 Å². The van der Waals surface area contributed by atoms with Crippen molar-refractivity contribution >= 4 is 0 Å². The second-order valence-electron chi connectivity index (χ2n) is 2.69. The molecule has 2 N–H and O–H groups in total. The number of nitrogens with two attached hydrogens (primary N) is 1. The molecule has 0 saturated carbocycles. The smallest absolute Gasteiger partial charge is 0.0386 e. The monoisotopic (exact) mass is 147 g/mol. The van der Waals surface area contributed by atoms with Gasteiger partial charge in [0.2, 0.25) is 0 Å². The minimum Gasteiger partial charge on any atom is -0.398 e. The van der Waals surface area contributed by atoms with E-state index in [1.165, 1.54) is 0 Å². The van der Waals surface area contributed by atoms with Gasteiger partial charge in [0.1, 0.15) is 0 Å². The molecule has 0 aromatic carbocycles. The molecule has 0 fully saturated rings. The second-order valence-corrected chi connectivity index (χ2v) is 2.69. The molecule has 0 aromatic rings. The summed E-state index contributed by atoms with van der Waals surface area (Å²) in [6.07, 6.45) is 9.04. The summed E-state index contributed by atoms with van der Waals surface area (Å²) in [6.45, 7) is 5.81. The van der Waals surface area contributed by atoms with Crippen molar-refractivity contribution in [2.75, 3.05) is 0 Å². The van der Waals surface area contributed by atoms with Crippen LogP contribution in [0.3, 0.4) is 0 Å². The Labute approximate surface area is 67.6 Å². The maximum Gasteiger partial charge on any atom is 0.0386 e. The zero-order valence-electron chi connectivity index (χ0n) is 6.80. The summed E-state index contributed by atoms with van der Waals surface area (Å²) < 4.78 is 0. The van der Waals surface area contributed by atoms with Crippen LogP contribution >= 0.6 is 0 Å². The molecular weight excluding hydrogens is 134 g/mol. The van der Waals surface area contributed by atoms with Gasteiger partial charge in [0.25, 0.3) is 0 Å². The van der Waals surface area contributed by atoms with Gasteiger partial charge < -0.3 is 5.73 Å². The Balaban J connectivity index is 3.04. The van der Waals surface area contributed by atoms with Gasteiger partial charge in [-0.05, 0) is 30.6 Å². The van der Waals surface area contributed by atoms with Crippen LogP contribution in [-0.2, 0) is 0 Å². The normalized spacial score (nSPS) is 16.8. The molecule has 0 radical (unpaired) electrons. The van der Waals surface area contributed by atoms with E-state index in [1.807, 2.05) is 25.2 Å². The van der Waals surface area contributed by atoms with Crippen molar-refractivity contribution in [1.82, 2.24) is 0 Å². The molecule has 0 unspecified atom stereocenters. The highest BCUT2D eigenvalue weighted by Crippen LogP contribution is 2.15. The molecule has 0 bridgehead atoms. The van der Waals surface area contributed by atoms with E-state index >= 15 is 0 Å². The fourth-order valence-electron chi connectivity index (χ4n) is 1.03. The topological polar surface area (TPSA) is 26.0 Å². The quantitative estimate of drug-likeness (QED) is 0.605. The number of allylic oxidation sites excluding steroid dienone is 6. The first-order valence-corrected chi connectivity index (χ1v) is 3.70. The van der Waals surface area contributed by atoms with Gasteiger partial charge in [0, 0.05) is 5.70 Å². The molecule has 58 valence electrons. The highest BCUT2D eigenvalue weighted by Gasteiger charge is 1.99. The van der Waals surface area contributed by atoms with Crippen LogP contribution < -0.4 is 5.73 Å². The Morgan fingerprint density at radius 3 is 2.73 bits per heavy atom. The van der Waals surface area contributed by atoms with Crippen LogP contribution in [0.5, 0.6) is 0 Å². The van der Waals surface area contributed by atoms with E-state index in [0.717, 1.165) is 23.3 Å². The SMILES string of the molecule is C=C(C)C1=C(N)C=CCC=C1. The average Bonchev–Trinajstić information content (AvgIpc) is 2.13. The molecule has 1 aliphatic rings. The van der Waals surface area contributed by atoms with Crippen LogP contribution in [0.15, 0.2) is 47.7 Å². The third-order valence-electron chi connectivity index (χ3n) is 1.62. The molecule has 0 amide bonds. The van der Waals surface area contributed by atoms with Gasteiger partial charge in [0.15, 0.2) is 0 Å². The van der Waals surface area contributed by atoms with E-state index in [9.17, 15) is 0 Å². The molecule has 1 nitrogen and oxygen atoms in total. The molecule has 11 heavy (non-hydrogen) atoms. The highest BCUT2D eigenvalue weighted by atomic mass is 14.6. The lowest BCUT2D eigenvalue weighted by Gasteiger charge is -2.01. The Morgan fingerprint density at radius 2 is 2.09 bits per heavy atom. The predicted octanol–water partition coefficient (Wildman–Crippen LogP) is 2.29. The van der Waals surface area contributed by atoms with Crippen LogP contribution in [0.2, 0.25) is 0 Å². The minimum absolute atomic E-state index is 0.811. The van der Waals surface area contributed by atoms with Crippen LogP contribution in [0.4, 0.5) is 0 Å². The second kappa shape index (κ2) is 3.24. The first kappa shape index (κ1) is 7.86. The molecule has 1 rings (SSSR count). The molecule has 0 heterocycles. The van der Waals surface area contributed by atoms with Crippen molar-refractivity contribution in [3.8, 4) is 0 Å². The summed E-state index contributed by atoms with van der Waals surface area (Å²) in [5.41, 5.74) is 8.65. The van der Waals surface area contributed by atoms with Gasteiger partial charge >= 0.3 is 0 Å². The molecule has 1 heteroatoms. The van der Waals surface area contributed by atoms with E-state index in [1.54, 1.807) is 0 Å². The summed E-state index contributed by atoms with van der Waals surface area (Å²) in [5.74, 6) is 0. The largest absolute Gasteiger partial charge is 0.398 e. The lowest BCUT2D eigenvalue weighted by Crippen LogP contribution is -1.97. The maximum absolute atomic E-state index is 5.76. The van der Waals surface area contributed by atoms with Gasteiger partial charge in [-0.1, -0.05) is 24.8 Å². The fourth-order valence-corrected chi connectivity index (χ4v) is 1.03. The predicted molar refractivity (Wildman–Crippen MR) is 48.9 cm³/mol. The van der Waals surface area contributed by atoms with E-state index < -0.39 is 0 Å². The summed E-state index contributed by atoms with van der Waals surface area (Å²) in [7, 11) is 0. The van der Waals surface area contributed by atoms with Crippen molar-refractivity contribution in [3.05, 3.63) is 47.7 Å². The van der Waals surface area contributed by atoms with E-state index in [0.29, 0.717) is 0 Å². The average molecular weight is 147 g/mol. The molecule has 0 aromatic heterocycles. The highest BCUT2D eigenvalue weighted by molar-refractivity contribution is 5.45. The third-order valence-corrected chi connectivity index (χ3v) is 1.62. The van der Waals surface area contributed by atoms with E-state index in [4.69, 9.17) is 5.73 Å². The molecular formula is C10H13N. The summed E-state index contributed by atoms with van der Waals surface area (Å²) >= 11 is 0. The van der Waals surface area contributed by atoms with E-state index in [2.05, 4.69) is 12.7 Å². The first-order chi connectivity index (χ1) is 5.22. The zero-order chi connectivity index (χ0) is 8.27. The van der Waals surface area contributed by atoms with Gasteiger partial charge in [-0.3, -0.25) is 0 Å². The Bertz CT molecular complexity index is 254. The van der Waals surface area contributed by atoms with Crippen molar-refractivity contribution < 1.29 is 0 Å². The maximum atomic E-state index is 5.76. The molecule has 0 saturated heterocycles. The summed E-state index contributed by atoms with van der Waals surface area (Å²) in [4.78, 5) is 0. The van der Waals surface area contributed by atoms with Crippen LogP contribution in [0.25, 0.3) is 0 Å². The Hall–Kier alpha value is -1.24. The Kier molecular flexibility index (Phi) is 2.32. The number of hydrogen-bond donors (Lipinski definition) is 1.